The van der Waals surface area contributed by atoms with Gasteiger partial charge in [-0.2, -0.15) is 13.2 Å². The maximum atomic E-state index is 13.8. The number of rotatable bonds is 4. The van der Waals surface area contributed by atoms with Crippen LogP contribution in [0.4, 0.5) is 18.9 Å². The van der Waals surface area contributed by atoms with E-state index in [1.807, 2.05) is 0 Å². The minimum absolute atomic E-state index is 0.00199. The predicted molar refractivity (Wildman–Crippen MR) is 97.7 cm³/mol. The number of nitro groups is 1. The predicted octanol–water partition coefficient (Wildman–Crippen LogP) is 3.04. The molecule has 1 unspecified atom stereocenters. The number of nitrogens with two attached hydrogens (primary N) is 1. The SMILES string of the molecule is CCOC(=O)C1=C(N)NC2=C(C(=O)CCC2)C1c1ccc([N+](=O)[O-])cc1C(F)(F)F. The summed E-state index contributed by atoms with van der Waals surface area (Å²) < 4.78 is 46.5. The average molecular weight is 425 g/mol. The van der Waals surface area contributed by atoms with Crippen molar-refractivity contribution in [1.29, 1.82) is 0 Å². The standard InChI is InChI=1S/C19H18F3N3O5/c1-2-30-18(27)16-14(15-12(24-17(16)23)4-3-5-13(15)26)10-7-6-9(25(28)29)8-11(10)19(20,21)22/h6-8,14,24H,2-5,23H2,1H3. The maximum absolute atomic E-state index is 13.8. The fraction of sp³-hybridized carbons (Fsp3) is 0.368. The van der Waals surface area contributed by atoms with Gasteiger partial charge in [0, 0.05) is 29.8 Å². The molecule has 8 nitrogen and oxygen atoms in total. The molecule has 1 aromatic carbocycles. The Morgan fingerprint density at radius 1 is 1.37 bits per heavy atom. The molecule has 0 saturated carbocycles. The van der Waals surface area contributed by atoms with Crippen LogP contribution in [0.5, 0.6) is 0 Å². The Balaban J connectivity index is 2.31. The Morgan fingerprint density at radius 2 is 2.07 bits per heavy atom. The number of ether oxygens (including phenoxy) is 1. The Bertz CT molecular complexity index is 998. The number of nitrogens with zero attached hydrogens (tertiary/aromatic N) is 1. The number of allylic oxidation sites excluding steroid dienone is 2. The summed E-state index contributed by atoms with van der Waals surface area (Å²) in [7, 11) is 0. The van der Waals surface area contributed by atoms with Crippen molar-refractivity contribution in [1.82, 2.24) is 5.32 Å². The molecular formula is C19H18F3N3O5. The van der Waals surface area contributed by atoms with Gasteiger partial charge in [0.25, 0.3) is 5.69 Å². The van der Waals surface area contributed by atoms with Crippen molar-refractivity contribution >= 4 is 17.4 Å². The second-order valence-electron chi connectivity index (χ2n) is 6.80. The van der Waals surface area contributed by atoms with Gasteiger partial charge in [-0.05, 0) is 25.3 Å². The molecule has 0 spiro atoms. The van der Waals surface area contributed by atoms with Crippen LogP contribution < -0.4 is 11.1 Å². The van der Waals surface area contributed by atoms with Gasteiger partial charge >= 0.3 is 12.1 Å². The van der Waals surface area contributed by atoms with E-state index in [2.05, 4.69) is 5.32 Å². The van der Waals surface area contributed by atoms with Crippen LogP contribution in [0.25, 0.3) is 0 Å². The van der Waals surface area contributed by atoms with Crippen LogP contribution in [-0.2, 0) is 20.5 Å². The zero-order valence-corrected chi connectivity index (χ0v) is 15.8. The first kappa shape index (κ1) is 21.3. The van der Waals surface area contributed by atoms with Gasteiger partial charge in [0.2, 0.25) is 0 Å². The van der Waals surface area contributed by atoms with E-state index in [1.165, 1.54) is 6.92 Å². The van der Waals surface area contributed by atoms with Gasteiger partial charge in [0.15, 0.2) is 5.78 Å². The zero-order valence-electron chi connectivity index (χ0n) is 15.8. The second-order valence-corrected chi connectivity index (χ2v) is 6.80. The highest BCUT2D eigenvalue weighted by Gasteiger charge is 2.44. The minimum atomic E-state index is -4.97. The number of hydrogen-bond acceptors (Lipinski definition) is 7. The number of carbonyl (C=O) groups excluding carboxylic acids is 2. The number of carbonyl (C=O) groups is 2. The molecule has 160 valence electrons. The van der Waals surface area contributed by atoms with Crippen molar-refractivity contribution in [3.05, 3.63) is 62.1 Å². The zero-order chi connectivity index (χ0) is 22.2. The highest BCUT2D eigenvalue weighted by atomic mass is 19.4. The fourth-order valence-corrected chi connectivity index (χ4v) is 3.76. The molecule has 1 aliphatic heterocycles. The largest absolute Gasteiger partial charge is 0.463 e. The Hall–Kier alpha value is -3.37. The lowest BCUT2D eigenvalue weighted by atomic mass is 9.74. The number of alkyl halides is 3. The Morgan fingerprint density at radius 3 is 2.67 bits per heavy atom. The maximum Gasteiger partial charge on any atom is 0.416 e. The molecule has 0 radical (unpaired) electrons. The number of esters is 1. The third kappa shape index (κ3) is 3.74. The molecule has 1 atom stereocenters. The fourth-order valence-electron chi connectivity index (χ4n) is 3.76. The van der Waals surface area contributed by atoms with Crippen LogP contribution in [0.2, 0.25) is 0 Å². The van der Waals surface area contributed by atoms with Gasteiger partial charge in [0.05, 0.1) is 28.6 Å². The molecular weight excluding hydrogens is 407 g/mol. The number of benzene rings is 1. The van der Waals surface area contributed by atoms with Gasteiger partial charge in [-0.25, -0.2) is 4.79 Å². The molecule has 30 heavy (non-hydrogen) atoms. The van der Waals surface area contributed by atoms with Crippen molar-refractivity contribution in [2.75, 3.05) is 6.61 Å². The molecule has 3 N–H and O–H groups in total. The van der Waals surface area contributed by atoms with E-state index < -0.39 is 45.6 Å². The van der Waals surface area contributed by atoms with E-state index in [0.717, 1.165) is 12.1 Å². The molecule has 3 rings (SSSR count). The lowest BCUT2D eigenvalue weighted by Crippen LogP contribution is -2.38. The van der Waals surface area contributed by atoms with E-state index in [9.17, 15) is 32.9 Å². The van der Waals surface area contributed by atoms with E-state index in [1.54, 1.807) is 0 Å². The quantitative estimate of drug-likeness (QED) is 0.432. The van der Waals surface area contributed by atoms with Gasteiger partial charge < -0.3 is 15.8 Å². The number of hydrogen-bond donors (Lipinski definition) is 2. The molecule has 0 bridgehead atoms. The third-order valence-corrected chi connectivity index (χ3v) is 4.97. The summed E-state index contributed by atoms with van der Waals surface area (Å²) in [6.45, 7) is 1.46. The summed E-state index contributed by atoms with van der Waals surface area (Å²) in [5, 5.41) is 13.8. The van der Waals surface area contributed by atoms with Crippen molar-refractivity contribution < 1.29 is 32.4 Å². The van der Waals surface area contributed by atoms with Gasteiger partial charge in [-0.1, -0.05) is 6.07 Å². The first-order valence-corrected chi connectivity index (χ1v) is 9.11. The van der Waals surface area contributed by atoms with Crippen molar-refractivity contribution in [2.24, 2.45) is 5.73 Å². The van der Waals surface area contributed by atoms with Gasteiger partial charge in [-0.15, -0.1) is 0 Å². The summed E-state index contributed by atoms with van der Waals surface area (Å²) in [5.41, 5.74) is 3.42. The monoisotopic (exact) mass is 425 g/mol. The average Bonchev–Trinajstić information content (AvgIpc) is 2.66. The summed E-state index contributed by atoms with van der Waals surface area (Å²) in [6, 6.07) is 2.21. The highest BCUT2D eigenvalue weighted by Crippen LogP contribution is 2.46. The van der Waals surface area contributed by atoms with Crippen LogP contribution in [-0.4, -0.2) is 23.3 Å². The van der Waals surface area contributed by atoms with Crippen LogP contribution in [0.15, 0.2) is 40.9 Å². The molecule has 11 heteroatoms. The smallest absolute Gasteiger partial charge is 0.416 e. The van der Waals surface area contributed by atoms with Gasteiger partial charge in [0.1, 0.15) is 5.82 Å². The number of non-ortho nitro benzene ring substituents is 1. The van der Waals surface area contributed by atoms with E-state index in [0.29, 0.717) is 24.6 Å². The lowest BCUT2D eigenvalue weighted by Gasteiger charge is -2.34. The summed E-state index contributed by atoms with van der Waals surface area (Å²) in [6.07, 6.45) is -4.03. The van der Waals surface area contributed by atoms with Crippen LogP contribution in [0, 0.1) is 10.1 Å². The normalized spacial score (nSPS) is 19.3. The molecule has 0 fully saturated rings. The third-order valence-electron chi connectivity index (χ3n) is 4.97. The lowest BCUT2D eigenvalue weighted by molar-refractivity contribution is -0.385. The number of halogens is 3. The summed E-state index contributed by atoms with van der Waals surface area (Å²) in [4.78, 5) is 35.3. The number of dihydropyridines is 1. The van der Waals surface area contributed by atoms with Crippen molar-refractivity contribution in [3.8, 4) is 0 Å². The summed E-state index contributed by atoms with van der Waals surface area (Å²) >= 11 is 0. The molecule has 1 heterocycles. The topological polar surface area (TPSA) is 125 Å². The van der Waals surface area contributed by atoms with E-state index >= 15 is 0 Å². The summed E-state index contributed by atoms with van der Waals surface area (Å²) in [5.74, 6) is -3.05. The minimum Gasteiger partial charge on any atom is -0.463 e. The van der Waals surface area contributed by atoms with Crippen LogP contribution >= 0.6 is 0 Å². The van der Waals surface area contributed by atoms with Crippen LogP contribution in [0.1, 0.15) is 43.2 Å². The second kappa shape index (κ2) is 7.81. The molecule has 0 amide bonds. The van der Waals surface area contributed by atoms with E-state index in [-0.39, 0.29) is 30.0 Å². The molecule has 2 aliphatic rings. The number of ketones is 1. The van der Waals surface area contributed by atoms with Crippen LogP contribution in [0.3, 0.4) is 0 Å². The van der Waals surface area contributed by atoms with E-state index in [4.69, 9.17) is 10.5 Å². The van der Waals surface area contributed by atoms with Crippen molar-refractivity contribution in [2.45, 2.75) is 38.3 Å². The highest BCUT2D eigenvalue weighted by molar-refractivity contribution is 6.03. The number of nitro benzene ring substituents is 1. The molecule has 1 aromatic rings. The first-order valence-electron chi connectivity index (χ1n) is 9.11. The van der Waals surface area contributed by atoms with Crippen molar-refractivity contribution in [3.63, 3.8) is 0 Å². The number of nitrogens with one attached hydrogen (secondary N) is 1. The molecule has 0 saturated heterocycles. The number of Topliss-reactive ketones (excluding diaryl/α,β-unsaturated/α-hetero) is 1. The first-order chi connectivity index (χ1) is 14.1. The molecule has 0 aromatic heterocycles. The van der Waals surface area contributed by atoms with Gasteiger partial charge in [-0.3, -0.25) is 14.9 Å². The Labute approximate surface area is 168 Å². The Kier molecular flexibility index (Phi) is 5.55. The molecule has 1 aliphatic carbocycles.